The topological polar surface area (TPSA) is 42.9 Å². The van der Waals surface area contributed by atoms with Crippen molar-refractivity contribution < 1.29 is 4.79 Å². The molecule has 0 fully saturated rings. The van der Waals surface area contributed by atoms with Gasteiger partial charge in [0.05, 0.1) is 6.20 Å². The van der Waals surface area contributed by atoms with Gasteiger partial charge in [0.2, 0.25) is 0 Å². The van der Waals surface area contributed by atoms with Gasteiger partial charge >= 0.3 is 0 Å². The van der Waals surface area contributed by atoms with Gasteiger partial charge in [-0.15, -0.1) is 11.3 Å². The Balaban J connectivity index is 2.07. The molecule has 3 rings (SSSR count). The third kappa shape index (κ3) is 1.69. The van der Waals surface area contributed by atoms with Gasteiger partial charge in [-0.25, -0.2) is 9.97 Å². The fraction of sp³-hybridized carbons (Fsp3) is 0.300. The number of aryl methyl sites for hydroxylation is 1. The van der Waals surface area contributed by atoms with E-state index in [0.717, 1.165) is 27.7 Å². The number of carbonyl (C=O) groups is 1. The van der Waals surface area contributed by atoms with Crippen LogP contribution >= 0.6 is 34.3 Å². The summed E-state index contributed by atoms with van der Waals surface area (Å²) >= 11 is 8.79. The number of hydrogen-bond donors (Lipinski definition) is 0. The van der Waals surface area contributed by atoms with E-state index >= 15 is 0 Å². The van der Waals surface area contributed by atoms with E-state index in [0.29, 0.717) is 16.5 Å². The van der Waals surface area contributed by atoms with Crippen molar-refractivity contribution in [2.45, 2.75) is 19.3 Å². The number of thiazole rings is 2. The summed E-state index contributed by atoms with van der Waals surface area (Å²) < 4.78 is 0.648. The third-order valence-corrected chi connectivity index (χ3v) is 4.80. The Hall–Kier alpha value is -0.780. The first-order valence-electron chi connectivity index (χ1n) is 4.88. The van der Waals surface area contributed by atoms with Gasteiger partial charge in [0, 0.05) is 11.3 Å². The number of carbonyl (C=O) groups excluding carboxylic acids is 1. The van der Waals surface area contributed by atoms with Crippen LogP contribution in [-0.4, -0.2) is 15.8 Å². The van der Waals surface area contributed by atoms with E-state index < -0.39 is 0 Å². The van der Waals surface area contributed by atoms with Crippen LogP contribution in [0.3, 0.4) is 0 Å². The first-order chi connectivity index (χ1) is 7.74. The summed E-state index contributed by atoms with van der Waals surface area (Å²) in [5.41, 5.74) is 0.651. The normalized spacial score (nSPS) is 15.2. The molecule has 0 bridgehead atoms. The molecule has 0 spiro atoms. The van der Waals surface area contributed by atoms with Crippen LogP contribution in [0.1, 0.15) is 28.2 Å². The number of ketones is 1. The second kappa shape index (κ2) is 3.91. The summed E-state index contributed by atoms with van der Waals surface area (Å²) in [6.07, 6.45) is 4.13. The van der Waals surface area contributed by atoms with Crippen LogP contribution in [0.4, 0.5) is 0 Å². The van der Waals surface area contributed by atoms with Crippen molar-refractivity contribution in [2.75, 3.05) is 0 Å². The van der Waals surface area contributed by atoms with Crippen molar-refractivity contribution in [3.8, 4) is 10.0 Å². The zero-order chi connectivity index (χ0) is 11.1. The van der Waals surface area contributed by atoms with Crippen molar-refractivity contribution in [2.24, 2.45) is 0 Å². The minimum absolute atomic E-state index is 0.159. The molecule has 0 saturated carbocycles. The molecule has 2 heterocycles. The highest BCUT2D eigenvalue weighted by molar-refractivity contribution is 7.23. The Morgan fingerprint density at radius 1 is 1.25 bits per heavy atom. The molecule has 0 aliphatic heterocycles. The van der Waals surface area contributed by atoms with Crippen LogP contribution in [0.5, 0.6) is 0 Å². The molecular formula is C10H7ClN2OS2. The monoisotopic (exact) mass is 270 g/mol. The van der Waals surface area contributed by atoms with Crippen LogP contribution < -0.4 is 0 Å². The van der Waals surface area contributed by atoms with E-state index in [1.807, 2.05) is 0 Å². The number of nitrogens with zero attached hydrogens (tertiary/aromatic N) is 2. The molecule has 1 aliphatic rings. The van der Waals surface area contributed by atoms with Gasteiger partial charge < -0.3 is 0 Å². The largest absolute Gasteiger partial charge is 0.292 e. The Kier molecular flexibility index (Phi) is 2.53. The molecule has 0 aromatic carbocycles. The van der Waals surface area contributed by atoms with Gasteiger partial charge in [0.25, 0.3) is 0 Å². The highest BCUT2D eigenvalue weighted by Gasteiger charge is 2.23. The Morgan fingerprint density at radius 2 is 2.12 bits per heavy atom. The number of aromatic nitrogens is 2. The Labute approximate surface area is 105 Å². The second-order valence-electron chi connectivity index (χ2n) is 3.54. The fourth-order valence-electron chi connectivity index (χ4n) is 1.71. The van der Waals surface area contributed by atoms with E-state index in [1.54, 1.807) is 17.5 Å². The predicted octanol–water partition coefficient (Wildman–Crippen LogP) is 3.44. The van der Waals surface area contributed by atoms with Gasteiger partial charge in [-0.1, -0.05) is 22.9 Å². The molecule has 0 N–H and O–H groups in total. The molecule has 0 radical (unpaired) electrons. The predicted molar refractivity (Wildman–Crippen MR) is 65.5 cm³/mol. The van der Waals surface area contributed by atoms with E-state index in [1.165, 1.54) is 11.3 Å². The molecule has 0 atom stereocenters. The lowest BCUT2D eigenvalue weighted by atomic mass is 10.0. The van der Waals surface area contributed by atoms with Gasteiger partial charge in [0.1, 0.15) is 10.0 Å². The van der Waals surface area contributed by atoms with Crippen LogP contribution in [0.2, 0.25) is 4.34 Å². The quantitative estimate of drug-likeness (QED) is 0.797. The molecule has 0 saturated heterocycles. The fourth-order valence-corrected chi connectivity index (χ4v) is 3.77. The van der Waals surface area contributed by atoms with Crippen molar-refractivity contribution in [1.82, 2.24) is 9.97 Å². The summed E-state index contributed by atoms with van der Waals surface area (Å²) in [5.74, 6) is 0.159. The lowest BCUT2D eigenvalue weighted by Gasteiger charge is -2.06. The average molecular weight is 271 g/mol. The highest BCUT2D eigenvalue weighted by atomic mass is 35.5. The van der Waals surface area contributed by atoms with Gasteiger partial charge in [-0.2, -0.15) is 0 Å². The standard InChI is InChI=1S/C10H7ClN2OS2/c11-7-4-12-9(16-7)10-13-8-5(14)2-1-3-6(8)15-10/h4H,1-3H2. The number of Topliss-reactive ketones (excluding diaryl/α,β-unsaturated/α-hetero) is 1. The van der Waals surface area contributed by atoms with Crippen molar-refractivity contribution in [3.05, 3.63) is 21.1 Å². The van der Waals surface area contributed by atoms with E-state index in [-0.39, 0.29) is 5.78 Å². The lowest BCUT2D eigenvalue weighted by molar-refractivity contribution is 0.0968. The number of hydrogen-bond acceptors (Lipinski definition) is 5. The van der Waals surface area contributed by atoms with Crippen LogP contribution in [-0.2, 0) is 6.42 Å². The highest BCUT2D eigenvalue weighted by Crippen LogP contribution is 2.35. The minimum Gasteiger partial charge on any atom is -0.292 e. The van der Waals surface area contributed by atoms with E-state index in [2.05, 4.69) is 9.97 Å². The summed E-state index contributed by atoms with van der Waals surface area (Å²) in [4.78, 5) is 21.3. The second-order valence-corrected chi connectivity index (χ2v) is 6.28. The zero-order valence-electron chi connectivity index (χ0n) is 8.20. The molecule has 0 amide bonds. The molecule has 82 valence electrons. The van der Waals surface area contributed by atoms with Crippen molar-refractivity contribution in [3.63, 3.8) is 0 Å². The van der Waals surface area contributed by atoms with Crippen LogP contribution in [0.15, 0.2) is 6.20 Å². The molecule has 3 nitrogen and oxygen atoms in total. The van der Waals surface area contributed by atoms with Gasteiger partial charge in [-0.3, -0.25) is 4.79 Å². The molecule has 6 heteroatoms. The van der Waals surface area contributed by atoms with Crippen LogP contribution in [0.25, 0.3) is 10.0 Å². The lowest BCUT2D eigenvalue weighted by Crippen LogP contribution is -2.08. The number of halogens is 1. The first kappa shape index (κ1) is 10.4. The number of fused-ring (bicyclic) bond motifs is 1. The average Bonchev–Trinajstić information content (AvgIpc) is 2.84. The smallest absolute Gasteiger partial charge is 0.182 e. The first-order valence-corrected chi connectivity index (χ1v) is 6.90. The van der Waals surface area contributed by atoms with Gasteiger partial charge in [0.15, 0.2) is 15.8 Å². The van der Waals surface area contributed by atoms with Crippen molar-refractivity contribution >= 4 is 40.1 Å². The molecule has 2 aromatic rings. The maximum absolute atomic E-state index is 11.6. The molecular weight excluding hydrogens is 264 g/mol. The van der Waals surface area contributed by atoms with Gasteiger partial charge in [-0.05, 0) is 12.8 Å². The molecule has 2 aromatic heterocycles. The summed E-state index contributed by atoms with van der Waals surface area (Å²) in [7, 11) is 0. The molecule has 1 aliphatic carbocycles. The van der Waals surface area contributed by atoms with Crippen LogP contribution in [0, 0.1) is 0 Å². The maximum Gasteiger partial charge on any atom is 0.182 e. The Morgan fingerprint density at radius 3 is 2.81 bits per heavy atom. The maximum atomic E-state index is 11.6. The molecule has 0 unspecified atom stereocenters. The minimum atomic E-state index is 0.159. The SMILES string of the molecule is O=C1CCCc2sc(-c3ncc(Cl)s3)nc21. The van der Waals surface area contributed by atoms with Crippen molar-refractivity contribution in [1.29, 1.82) is 0 Å². The Bertz CT molecular complexity index is 561. The summed E-state index contributed by atoms with van der Waals surface area (Å²) in [5, 5.41) is 1.62. The number of rotatable bonds is 1. The zero-order valence-corrected chi connectivity index (χ0v) is 10.6. The summed E-state index contributed by atoms with van der Waals surface area (Å²) in [6.45, 7) is 0. The summed E-state index contributed by atoms with van der Waals surface area (Å²) in [6, 6.07) is 0. The van der Waals surface area contributed by atoms with E-state index in [4.69, 9.17) is 11.6 Å². The molecule has 16 heavy (non-hydrogen) atoms. The van der Waals surface area contributed by atoms with E-state index in [9.17, 15) is 4.79 Å². The third-order valence-electron chi connectivity index (χ3n) is 2.43.